The van der Waals surface area contributed by atoms with E-state index >= 15 is 0 Å². The zero-order valence-electron chi connectivity index (χ0n) is 9.80. The van der Waals surface area contributed by atoms with Crippen molar-refractivity contribution in [1.82, 2.24) is 0 Å². The van der Waals surface area contributed by atoms with Crippen LogP contribution < -0.4 is 4.74 Å². The van der Waals surface area contributed by atoms with Gasteiger partial charge in [0, 0.05) is 16.1 Å². The van der Waals surface area contributed by atoms with E-state index in [9.17, 15) is 8.78 Å². The third kappa shape index (κ3) is 3.58. The van der Waals surface area contributed by atoms with E-state index in [1.54, 1.807) is 18.2 Å². The van der Waals surface area contributed by atoms with Crippen LogP contribution in [0.2, 0.25) is 5.02 Å². The summed E-state index contributed by atoms with van der Waals surface area (Å²) < 4.78 is 31.9. The lowest BCUT2D eigenvalue weighted by Crippen LogP contribution is -2.01. The van der Waals surface area contributed by atoms with Crippen LogP contribution >= 0.6 is 23.2 Å². The van der Waals surface area contributed by atoms with E-state index in [1.807, 2.05) is 0 Å². The van der Waals surface area contributed by atoms with Crippen LogP contribution in [0.25, 0.3) is 0 Å². The molecule has 0 aliphatic carbocycles. The summed E-state index contributed by atoms with van der Waals surface area (Å²) in [7, 11) is 0. The molecule has 2 rings (SSSR count). The van der Waals surface area contributed by atoms with Crippen LogP contribution in [0.3, 0.4) is 0 Å². The van der Waals surface area contributed by atoms with Crippen LogP contribution in [-0.2, 0) is 12.5 Å². The number of benzene rings is 2. The van der Waals surface area contributed by atoms with Gasteiger partial charge < -0.3 is 4.74 Å². The van der Waals surface area contributed by atoms with Crippen molar-refractivity contribution >= 4 is 23.2 Å². The fourth-order valence-corrected chi connectivity index (χ4v) is 2.01. The average molecular weight is 303 g/mol. The quantitative estimate of drug-likeness (QED) is 0.727. The fourth-order valence-electron chi connectivity index (χ4n) is 1.60. The Balaban J connectivity index is 2.16. The Hall–Kier alpha value is -1.32. The lowest BCUT2D eigenvalue weighted by atomic mass is 10.2. The summed E-state index contributed by atoms with van der Waals surface area (Å²) in [6.07, 6.45) is 0. The highest BCUT2D eigenvalue weighted by Crippen LogP contribution is 2.25. The standard InChI is InChI=1S/C14H10Cl2F2O/c15-7-9-5-11(16)1-4-14(9)19-8-10-6-12(17)2-3-13(10)18/h1-6H,7-8H2. The molecule has 0 radical (unpaired) electrons. The van der Waals surface area contributed by atoms with Crippen molar-refractivity contribution in [3.8, 4) is 5.75 Å². The number of hydrogen-bond acceptors (Lipinski definition) is 1. The van der Waals surface area contributed by atoms with Gasteiger partial charge in [0.2, 0.25) is 0 Å². The van der Waals surface area contributed by atoms with Crippen molar-refractivity contribution in [3.63, 3.8) is 0 Å². The van der Waals surface area contributed by atoms with Crippen molar-refractivity contribution in [2.75, 3.05) is 0 Å². The molecule has 0 saturated heterocycles. The molecular formula is C14H10Cl2F2O. The van der Waals surface area contributed by atoms with Crippen molar-refractivity contribution in [1.29, 1.82) is 0 Å². The Morgan fingerprint density at radius 1 is 1.00 bits per heavy atom. The summed E-state index contributed by atoms with van der Waals surface area (Å²) >= 11 is 11.6. The van der Waals surface area contributed by atoms with E-state index < -0.39 is 11.6 Å². The van der Waals surface area contributed by atoms with Gasteiger partial charge in [-0.25, -0.2) is 8.78 Å². The summed E-state index contributed by atoms with van der Waals surface area (Å²) in [5.74, 6) is -0.291. The second kappa shape index (κ2) is 6.22. The smallest absolute Gasteiger partial charge is 0.130 e. The van der Waals surface area contributed by atoms with E-state index in [1.165, 1.54) is 0 Å². The number of rotatable bonds is 4. The molecule has 1 nitrogen and oxygen atoms in total. The van der Waals surface area contributed by atoms with E-state index in [0.717, 1.165) is 18.2 Å². The van der Waals surface area contributed by atoms with Crippen molar-refractivity contribution in [2.24, 2.45) is 0 Å². The molecule has 2 aromatic rings. The normalized spacial score (nSPS) is 10.5. The second-order valence-electron chi connectivity index (χ2n) is 3.91. The summed E-state index contributed by atoms with van der Waals surface area (Å²) in [5.41, 5.74) is 0.849. The molecule has 0 heterocycles. The van der Waals surface area contributed by atoms with Crippen LogP contribution in [0.1, 0.15) is 11.1 Å². The molecule has 5 heteroatoms. The maximum absolute atomic E-state index is 13.4. The van der Waals surface area contributed by atoms with Crippen LogP contribution in [0.15, 0.2) is 36.4 Å². The first-order valence-corrected chi connectivity index (χ1v) is 6.42. The van der Waals surface area contributed by atoms with Gasteiger partial charge in [-0.05, 0) is 36.4 Å². The largest absolute Gasteiger partial charge is 0.488 e. The molecule has 0 spiro atoms. The lowest BCUT2D eigenvalue weighted by Gasteiger charge is -2.11. The van der Waals surface area contributed by atoms with E-state index in [2.05, 4.69) is 0 Å². The average Bonchev–Trinajstić information content (AvgIpc) is 2.40. The zero-order valence-corrected chi connectivity index (χ0v) is 11.3. The first-order chi connectivity index (χ1) is 9.10. The van der Waals surface area contributed by atoms with Gasteiger partial charge >= 0.3 is 0 Å². The highest BCUT2D eigenvalue weighted by Gasteiger charge is 2.08. The Labute approximate surface area is 119 Å². The second-order valence-corrected chi connectivity index (χ2v) is 4.61. The predicted molar refractivity (Wildman–Crippen MR) is 71.7 cm³/mol. The zero-order chi connectivity index (χ0) is 13.8. The number of alkyl halides is 1. The van der Waals surface area contributed by atoms with Gasteiger partial charge in [-0.2, -0.15) is 0 Å². The van der Waals surface area contributed by atoms with E-state index in [-0.39, 0.29) is 18.1 Å². The van der Waals surface area contributed by atoms with Gasteiger partial charge in [-0.15, -0.1) is 11.6 Å². The predicted octanol–water partition coefficient (Wildman–Crippen LogP) is 4.94. The number of hydrogen-bond donors (Lipinski definition) is 0. The topological polar surface area (TPSA) is 9.23 Å². The van der Waals surface area contributed by atoms with Gasteiger partial charge in [0.25, 0.3) is 0 Å². The minimum atomic E-state index is -0.511. The summed E-state index contributed by atoms with van der Waals surface area (Å²) in [4.78, 5) is 0. The van der Waals surface area contributed by atoms with Gasteiger partial charge in [0.05, 0.1) is 5.88 Å². The minimum Gasteiger partial charge on any atom is -0.488 e. The molecule has 0 bridgehead atoms. The Morgan fingerprint density at radius 3 is 2.53 bits per heavy atom. The van der Waals surface area contributed by atoms with Crippen molar-refractivity contribution < 1.29 is 13.5 Å². The Kier molecular flexibility index (Phi) is 4.61. The van der Waals surface area contributed by atoms with Gasteiger partial charge in [0.1, 0.15) is 24.0 Å². The van der Waals surface area contributed by atoms with Gasteiger partial charge in [0.15, 0.2) is 0 Å². The van der Waals surface area contributed by atoms with E-state index in [0.29, 0.717) is 16.3 Å². The fraction of sp³-hybridized carbons (Fsp3) is 0.143. The van der Waals surface area contributed by atoms with Crippen LogP contribution in [0.4, 0.5) is 8.78 Å². The first kappa shape index (κ1) is 14.1. The maximum Gasteiger partial charge on any atom is 0.130 e. The number of ether oxygens (including phenoxy) is 1. The van der Waals surface area contributed by atoms with Gasteiger partial charge in [-0.3, -0.25) is 0 Å². The van der Waals surface area contributed by atoms with E-state index in [4.69, 9.17) is 27.9 Å². The molecular weight excluding hydrogens is 293 g/mol. The van der Waals surface area contributed by atoms with Crippen LogP contribution in [0, 0.1) is 11.6 Å². The molecule has 0 saturated carbocycles. The van der Waals surface area contributed by atoms with Gasteiger partial charge in [-0.1, -0.05) is 11.6 Å². The Morgan fingerprint density at radius 2 is 1.79 bits per heavy atom. The highest BCUT2D eigenvalue weighted by atomic mass is 35.5. The summed E-state index contributed by atoms with van der Waals surface area (Å²) in [6.45, 7) is -0.0743. The molecule has 0 fully saturated rings. The molecule has 0 amide bonds. The highest BCUT2D eigenvalue weighted by molar-refractivity contribution is 6.30. The van der Waals surface area contributed by atoms with Crippen LogP contribution in [0.5, 0.6) is 5.75 Å². The summed E-state index contributed by atoms with van der Waals surface area (Å²) in [5, 5.41) is 0.542. The molecule has 0 aliphatic rings. The molecule has 0 aromatic heterocycles. The maximum atomic E-state index is 13.4. The lowest BCUT2D eigenvalue weighted by molar-refractivity contribution is 0.296. The minimum absolute atomic E-state index is 0.0743. The van der Waals surface area contributed by atoms with Crippen molar-refractivity contribution in [3.05, 3.63) is 64.2 Å². The number of halogens is 4. The first-order valence-electron chi connectivity index (χ1n) is 5.51. The summed E-state index contributed by atoms with van der Waals surface area (Å²) in [6, 6.07) is 8.20. The SMILES string of the molecule is Fc1ccc(F)c(COc2ccc(Cl)cc2CCl)c1. The molecule has 0 atom stereocenters. The van der Waals surface area contributed by atoms with Crippen LogP contribution in [-0.4, -0.2) is 0 Å². The molecule has 0 aliphatic heterocycles. The molecule has 0 unspecified atom stereocenters. The van der Waals surface area contributed by atoms with Crippen molar-refractivity contribution in [2.45, 2.75) is 12.5 Å². The third-order valence-corrected chi connectivity index (χ3v) is 3.08. The molecule has 100 valence electrons. The monoisotopic (exact) mass is 302 g/mol. The molecule has 2 aromatic carbocycles. The third-order valence-electron chi connectivity index (χ3n) is 2.56. The molecule has 19 heavy (non-hydrogen) atoms. The molecule has 0 N–H and O–H groups in total. The Bertz CT molecular complexity index is 588.